The van der Waals surface area contributed by atoms with Gasteiger partial charge in [0.1, 0.15) is 0 Å². The average molecular weight is 357 g/mol. The standard InChI is InChI=1S/C22H15NO2S/c24-26(25,18-14-13-16-7-1-2-8-17(16)15-18)23-21-11-5-3-9-19(21)20-10-4-6-12-22(20)23/h1-15H. The van der Waals surface area contributed by atoms with E-state index in [0.717, 1.165) is 21.5 Å². The van der Waals surface area contributed by atoms with Crippen LogP contribution in [0.5, 0.6) is 0 Å². The van der Waals surface area contributed by atoms with Crippen molar-refractivity contribution in [3.63, 3.8) is 0 Å². The Kier molecular flexibility index (Phi) is 3.18. The van der Waals surface area contributed by atoms with Crippen LogP contribution < -0.4 is 0 Å². The maximum atomic E-state index is 13.5. The van der Waals surface area contributed by atoms with Crippen molar-refractivity contribution in [3.8, 4) is 0 Å². The van der Waals surface area contributed by atoms with Gasteiger partial charge in [0.05, 0.1) is 15.9 Å². The summed E-state index contributed by atoms with van der Waals surface area (Å²) in [6.45, 7) is 0. The van der Waals surface area contributed by atoms with Crippen LogP contribution in [0.15, 0.2) is 95.9 Å². The summed E-state index contributed by atoms with van der Waals surface area (Å²) in [5.41, 5.74) is 1.39. The van der Waals surface area contributed by atoms with Crippen molar-refractivity contribution in [2.45, 2.75) is 4.90 Å². The van der Waals surface area contributed by atoms with E-state index in [1.165, 1.54) is 3.97 Å². The van der Waals surface area contributed by atoms with Gasteiger partial charge in [-0.2, -0.15) is 0 Å². The summed E-state index contributed by atoms with van der Waals surface area (Å²) in [7, 11) is -3.72. The monoisotopic (exact) mass is 357 g/mol. The quantitative estimate of drug-likeness (QED) is 0.436. The lowest BCUT2D eigenvalue weighted by atomic mass is 10.1. The molecule has 0 N–H and O–H groups in total. The number of aromatic nitrogens is 1. The molecule has 1 heterocycles. The molecule has 126 valence electrons. The number of benzene rings is 4. The number of fused-ring (bicyclic) bond motifs is 4. The fourth-order valence-corrected chi connectivity index (χ4v) is 5.14. The molecule has 1 aromatic heterocycles. The maximum Gasteiger partial charge on any atom is 0.268 e. The lowest BCUT2D eigenvalue weighted by molar-refractivity contribution is 0.590. The summed E-state index contributed by atoms with van der Waals surface area (Å²) in [6, 6.07) is 28.3. The molecular formula is C22H15NO2S. The second kappa shape index (κ2) is 5.44. The Balaban J connectivity index is 1.87. The third kappa shape index (κ3) is 2.09. The van der Waals surface area contributed by atoms with E-state index in [2.05, 4.69) is 0 Å². The van der Waals surface area contributed by atoms with E-state index in [0.29, 0.717) is 15.9 Å². The van der Waals surface area contributed by atoms with Crippen molar-refractivity contribution in [2.24, 2.45) is 0 Å². The van der Waals surface area contributed by atoms with E-state index in [-0.39, 0.29) is 0 Å². The molecule has 0 radical (unpaired) electrons. The van der Waals surface area contributed by atoms with Gasteiger partial charge in [-0.05, 0) is 35.0 Å². The molecule has 0 amide bonds. The molecule has 0 atom stereocenters. The van der Waals surface area contributed by atoms with Gasteiger partial charge in [-0.25, -0.2) is 12.4 Å². The fourth-order valence-electron chi connectivity index (χ4n) is 3.58. The van der Waals surface area contributed by atoms with E-state index >= 15 is 0 Å². The molecule has 4 heteroatoms. The zero-order chi connectivity index (χ0) is 17.7. The van der Waals surface area contributed by atoms with Gasteiger partial charge >= 0.3 is 0 Å². The van der Waals surface area contributed by atoms with E-state index in [9.17, 15) is 8.42 Å². The van der Waals surface area contributed by atoms with Gasteiger partial charge in [0.25, 0.3) is 10.0 Å². The van der Waals surface area contributed by atoms with Crippen molar-refractivity contribution in [1.82, 2.24) is 3.97 Å². The summed E-state index contributed by atoms with van der Waals surface area (Å²) >= 11 is 0. The van der Waals surface area contributed by atoms with Crippen LogP contribution in [0.2, 0.25) is 0 Å². The minimum absolute atomic E-state index is 0.294. The van der Waals surface area contributed by atoms with Gasteiger partial charge in [0.2, 0.25) is 0 Å². The van der Waals surface area contributed by atoms with E-state index in [4.69, 9.17) is 0 Å². The molecule has 0 bridgehead atoms. The number of rotatable bonds is 2. The van der Waals surface area contributed by atoms with E-state index in [1.54, 1.807) is 12.1 Å². The zero-order valence-electron chi connectivity index (χ0n) is 13.8. The normalized spacial score (nSPS) is 12.2. The fraction of sp³-hybridized carbons (Fsp3) is 0. The number of para-hydroxylation sites is 2. The average Bonchev–Trinajstić information content (AvgIpc) is 3.03. The van der Waals surface area contributed by atoms with Crippen LogP contribution in [0.3, 0.4) is 0 Å². The lowest BCUT2D eigenvalue weighted by Gasteiger charge is -2.10. The van der Waals surface area contributed by atoms with Crippen molar-refractivity contribution in [2.75, 3.05) is 0 Å². The second-order valence-corrected chi connectivity index (χ2v) is 8.10. The molecular weight excluding hydrogens is 342 g/mol. The van der Waals surface area contributed by atoms with Crippen LogP contribution in [0.1, 0.15) is 0 Å². The van der Waals surface area contributed by atoms with Crippen LogP contribution in [-0.4, -0.2) is 12.4 Å². The molecule has 26 heavy (non-hydrogen) atoms. The first-order valence-electron chi connectivity index (χ1n) is 8.39. The first-order valence-corrected chi connectivity index (χ1v) is 9.83. The first-order chi connectivity index (χ1) is 12.7. The molecule has 0 aliphatic heterocycles. The van der Waals surface area contributed by atoms with E-state index < -0.39 is 10.0 Å². The van der Waals surface area contributed by atoms with Gasteiger partial charge in [-0.1, -0.05) is 66.7 Å². The molecule has 3 nitrogen and oxygen atoms in total. The molecule has 0 aliphatic rings. The topological polar surface area (TPSA) is 39.1 Å². The van der Waals surface area contributed by atoms with Gasteiger partial charge < -0.3 is 0 Å². The Morgan fingerprint density at radius 1 is 0.577 bits per heavy atom. The molecule has 0 saturated heterocycles. The van der Waals surface area contributed by atoms with Gasteiger partial charge in [0, 0.05) is 10.8 Å². The van der Waals surface area contributed by atoms with Crippen LogP contribution in [0, 0.1) is 0 Å². The minimum atomic E-state index is -3.72. The molecule has 0 fully saturated rings. The highest BCUT2D eigenvalue weighted by molar-refractivity contribution is 7.90. The van der Waals surface area contributed by atoms with Crippen molar-refractivity contribution < 1.29 is 8.42 Å². The SMILES string of the molecule is O=S(=O)(c1ccc2ccccc2c1)n1c2ccccc2c2ccccc21. The van der Waals surface area contributed by atoms with Gasteiger partial charge in [-0.15, -0.1) is 0 Å². The highest BCUT2D eigenvalue weighted by Gasteiger charge is 2.23. The van der Waals surface area contributed by atoms with Crippen molar-refractivity contribution >= 4 is 42.6 Å². The summed E-state index contributed by atoms with van der Waals surface area (Å²) < 4.78 is 28.5. The number of nitrogens with zero attached hydrogens (tertiary/aromatic N) is 1. The summed E-state index contributed by atoms with van der Waals surface area (Å²) in [4.78, 5) is 0.294. The molecule has 0 unspecified atom stereocenters. The molecule has 4 aromatic carbocycles. The highest BCUT2D eigenvalue weighted by atomic mass is 32.2. The van der Waals surface area contributed by atoms with Crippen LogP contribution in [0.25, 0.3) is 32.6 Å². The van der Waals surface area contributed by atoms with Crippen molar-refractivity contribution in [1.29, 1.82) is 0 Å². The number of hydrogen-bond acceptors (Lipinski definition) is 2. The molecule has 5 aromatic rings. The van der Waals surface area contributed by atoms with Gasteiger partial charge in [0.15, 0.2) is 0 Å². The lowest BCUT2D eigenvalue weighted by Crippen LogP contribution is -2.12. The van der Waals surface area contributed by atoms with Crippen molar-refractivity contribution in [3.05, 3.63) is 91.0 Å². The third-order valence-corrected chi connectivity index (χ3v) is 6.52. The molecule has 0 saturated carbocycles. The van der Waals surface area contributed by atoms with Gasteiger partial charge in [-0.3, -0.25) is 0 Å². The van der Waals surface area contributed by atoms with Crippen LogP contribution in [0.4, 0.5) is 0 Å². The summed E-state index contributed by atoms with van der Waals surface area (Å²) in [6.07, 6.45) is 0. The zero-order valence-corrected chi connectivity index (χ0v) is 14.6. The highest BCUT2D eigenvalue weighted by Crippen LogP contribution is 2.32. The third-order valence-electron chi connectivity index (χ3n) is 4.80. The Morgan fingerprint density at radius 2 is 1.12 bits per heavy atom. The Hall–Kier alpha value is -3.11. The molecule has 5 rings (SSSR count). The predicted octanol–water partition coefficient (Wildman–Crippen LogP) is 5.18. The van der Waals surface area contributed by atoms with Crippen LogP contribution in [-0.2, 0) is 10.0 Å². The Morgan fingerprint density at radius 3 is 1.77 bits per heavy atom. The predicted molar refractivity (Wildman–Crippen MR) is 106 cm³/mol. The Bertz CT molecular complexity index is 1340. The van der Waals surface area contributed by atoms with Crippen LogP contribution >= 0.6 is 0 Å². The smallest absolute Gasteiger partial charge is 0.233 e. The van der Waals surface area contributed by atoms with E-state index in [1.807, 2.05) is 78.9 Å². The molecule has 0 aliphatic carbocycles. The second-order valence-electron chi connectivity index (χ2n) is 6.31. The number of hydrogen-bond donors (Lipinski definition) is 0. The molecule has 0 spiro atoms. The largest absolute Gasteiger partial charge is 0.268 e. The summed E-state index contributed by atoms with van der Waals surface area (Å²) in [5.74, 6) is 0. The maximum absolute atomic E-state index is 13.5. The minimum Gasteiger partial charge on any atom is -0.233 e. The first kappa shape index (κ1) is 15.2. The summed E-state index contributed by atoms with van der Waals surface area (Å²) in [5, 5.41) is 3.81. The Labute approximate surface area is 151 Å².